The molecule has 0 atom stereocenters. The third-order valence-corrected chi connectivity index (χ3v) is 4.40. The van der Waals surface area contributed by atoms with Crippen LogP contribution in [0.15, 0.2) is 35.2 Å². The van der Waals surface area contributed by atoms with Crippen molar-refractivity contribution in [3.63, 3.8) is 0 Å². The van der Waals surface area contributed by atoms with E-state index in [1.807, 2.05) is 0 Å². The number of halogens is 2. The predicted octanol–water partition coefficient (Wildman–Crippen LogP) is 3.08. The Morgan fingerprint density at radius 3 is 2.35 bits per heavy atom. The first-order chi connectivity index (χ1) is 9.29. The standard InChI is InChI=1S/C12H11Cl2N3O2S/c1-7-6-10(13)16-12(14)11(7)17-20(18,19)9-4-2-8(15)3-5-9/h2-6,17H,15H2,1H3. The lowest BCUT2D eigenvalue weighted by atomic mass is 10.3. The average molecular weight is 332 g/mol. The van der Waals surface area contributed by atoms with E-state index < -0.39 is 10.0 Å². The molecule has 0 unspecified atom stereocenters. The molecule has 0 spiro atoms. The maximum absolute atomic E-state index is 12.2. The summed E-state index contributed by atoms with van der Waals surface area (Å²) in [5.74, 6) is 0. The third kappa shape index (κ3) is 3.15. The van der Waals surface area contributed by atoms with Crippen LogP contribution in [0.3, 0.4) is 0 Å². The van der Waals surface area contributed by atoms with Crippen LogP contribution in [0.2, 0.25) is 10.3 Å². The molecule has 0 amide bonds. The Labute approximate surface area is 126 Å². The summed E-state index contributed by atoms with van der Waals surface area (Å²) < 4.78 is 26.9. The van der Waals surface area contributed by atoms with E-state index in [-0.39, 0.29) is 20.9 Å². The molecule has 1 heterocycles. The van der Waals surface area contributed by atoms with Crippen LogP contribution in [-0.2, 0) is 10.0 Å². The van der Waals surface area contributed by atoms with Gasteiger partial charge in [0.1, 0.15) is 5.15 Å². The molecule has 0 bridgehead atoms. The van der Waals surface area contributed by atoms with Crippen molar-refractivity contribution >= 4 is 44.6 Å². The van der Waals surface area contributed by atoms with Gasteiger partial charge in [-0.15, -0.1) is 0 Å². The monoisotopic (exact) mass is 331 g/mol. The first kappa shape index (κ1) is 14.9. The van der Waals surface area contributed by atoms with Gasteiger partial charge in [0.05, 0.1) is 10.6 Å². The van der Waals surface area contributed by atoms with Gasteiger partial charge in [-0.1, -0.05) is 23.2 Å². The molecule has 0 saturated heterocycles. The highest BCUT2D eigenvalue weighted by molar-refractivity contribution is 7.92. The Balaban J connectivity index is 2.41. The molecule has 5 nitrogen and oxygen atoms in total. The second-order valence-electron chi connectivity index (χ2n) is 4.10. The van der Waals surface area contributed by atoms with Crippen LogP contribution in [-0.4, -0.2) is 13.4 Å². The van der Waals surface area contributed by atoms with E-state index in [9.17, 15) is 8.42 Å². The lowest BCUT2D eigenvalue weighted by Gasteiger charge is -2.12. The molecule has 0 saturated carbocycles. The number of sulfonamides is 1. The van der Waals surface area contributed by atoms with Gasteiger partial charge < -0.3 is 5.73 Å². The topological polar surface area (TPSA) is 85.1 Å². The molecule has 3 N–H and O–H groups in total. The first-order valence-electron chi connectivity index (χ1n) is 5.50. The number of nitrogens with zero attached hydrogens (tertiary/aromatic N) is 1. The summed E-state index contributed by atoms with van der Waals surface area (Å²) in [6.45, 7) is 1.68. The molecule has 2 aromatic rings. The van der Waals surface area contributed by atoms with Crippen molar-refractivity contribution < 1.29 is 8.42 Å². The van der Waals surface area contributed by atoms with E-state index in [4.69, 9.17) is 28.9 Å². The fourth-order valence-corrected chi connectivity index (χ4v) is 3.33. The number of aromatic nitrogens is 1. The lowest BCUT2D eigenvalue weighted by Crippen LogP contribution is -2.14. The molecule has 0 radical (unpaired) electrons. The number of rotatable bonds is 3. The number of hydrogen-bond acceptors (Lipinski definition) is 4. The van der Waals surface area contributed by atoms with Gasteiger partial charge in [0.25, 0.3) is 10.0 Å². The Hall–Kier alpha value is -1.50. The van der Waals surface area contributed by atoms with Crippen molar-refractivity contribution in [3.05, 3.63) is 46.2 Å². The van der Waals surface area contributed by atoms with Crippen molar-refractivity contribution in [1.82, 2.24) is 4.98 Å². The summed E-state index contributed by atoms with van der Waals surface area (Å²) in [6.07, 6.45) is 0. The van der Waals surface area contributed by atoms with Gasteiger partial charge >= 0.3 is 0 Å². The summed E-state index contributed by atoms with van der Waals surface area (Å²) in [6, 6.07) is 7.34. The minimum Gasteiger partial charge on any atom is -0.399 e. The van der Waals surface area contributed by atoms with Crippen molar-refractivity contribution in [2.24, 2.45) is 0 Å². The van der Waals surface area contributed by atoms with Gasteiger partial charge in [0, 0.05) is 5.69 Å². The molecule has 2 rings (SSSR count). The van der Waals surface area contributed by atoms with Crippen molar-refractivity contribution in [2.75, 3.05) is 10.5 Å². The molecule has 1 aromatic heterocycles. The van der Waals surface area contributed by atoms with Crippen LogP contribution in [0.4, 0.5) is 11.4 Å². The van der Waals surface area contributed by atoms with Gasteiger partial charge in [0.15, 0.2) is 5.15 Å². The van der Waals surface area contributed by atoms with Crippen molar-refractivity contribution in [2.45, 2.75) is 11.8 Å². The first-order valence-corrected chi connectivity index (χ1v) is 7.74. The van der Waals surface area contributed by atoms with E-state index in [2.05, 4.69) is 9.71 Å². The summed E-state index contributed by atoms with van der Waals surface area (Å²) in [4.78, 5) is 3.89. The van der Waals surface area contributed by atoms with Crippen LogP contribution in [0, 0.1) is 6.92 Å². The number of aryl methyl sites for hydroxylation is 1. The van der Waals surface area contributed by atoms with E-state index >= 15 is 0 Å². The highest BCUT2D eigenvalue weighted by Gasteiger charge is 2.18. The van der Waals surface area contributed by atoms with E-state index in [0.29, 0.717) is 11.3 Å². The normalized spacial score (nSPS) is 11.3. The van der Waals surface area contributed by atoms with Crippen LogP contribution in [0.5, 0.6) is 0 Å². The predicted molar refractivity (Wildman–Crippen MR) is 80.7 cm³/mol. The Bertz CT molecular complexity index is 723. The largest absolute Gasteiger partial charge is 0.399 e. The Morgan fingerprint density at radius 1 is 1.20 bits per heavy atom. The SMILES string of the molecule is Cc1cc(Cl)nc(Cl)c1NS(=O)(=O)c1ccc(N)cc1. The average Bonchev–Trinajstić information content (AvgIpc) is 2.34. The minimum absolute atomic E-state index is 0.00554. The maximum atomic E-state index is 12.2. The number of anilines is 2. The molecule has 106 valence electrons. The second-order valence-corrected chi connectivity index (χ2v) is 6.53. The summed E-state index contributed by atoms with van der Waals surface area (Å²) in [7, 11) is -3.76. The van der Waals surface area contributed by atoms with Crippen molar-refractivity contribution in [3.8, 4) is 0 Å². The Kier molecular flexibility index (Phi) is 4.08. The number of nitrogens with two attached hydrogens (primary N) is 1. The van der Waals surface area contributed by atoms with Crippen LogP contribution < -0.4 is 10.5 Å². The van der Waals surface area contributed by atoms with Crippen LogP contribution in [0.25, 0.3) is 0 Å². The zero-order valence-electron chi connectivity index (χ0n) is 10.4. The minimum atomic E-state index is -3.76. The molecule has 8 heteroatoms. The number of pyridine rings is 1. The molecule has 0 fully saturated rings. The van der Waals surface area contributed by atoms with E-state index in [0.717, 1.165) is 0 Å². The number of nitrogen functional groups attached to an aromatic ring is 1. The lowest BCUT2D eigenvalue weighted by molar-refractivity contribution is 0.601. The second kappa shape index (κ2) is 5.47. The molecule has 0 aliphatic heterocycles. The number of nitrogens with one attached hydrogen (secondary N) is 1. The van der Waals surface area contributed by atoms with Crippen molar-refractivity contribution in [1.29, 1.82) is 0 Å². The fourth-order valence-electron chi connectivity index (χ4n) is 1.56. The smallest absolute Gasteiger partial charge is 0.262 e. The zero-order valence-corrected chi connectivity index (χ0v) is 12.7. The highest BCUT2D eigenvalue weighted by Crippen LogP contribution is 2.28. The van der Waals surface area contributed by atoms with E-state index in [1.54, 1.807) is 6.92 Å². The number of hydrogen-bond donors (Lipinski definition) is 2. The van der Waals surface area contributed by atoms with Gasteiger partial charge in [-0.2, -0.15) is 0 Å². The molecular formula is C12H11Cl2N3O2S. The zero-order chi connectivity index (χ0) is 14.9. The van der Waals surface area contributed by atoms with Gasteiger partial charge in [0.2, 0.25) is 0 Å². The fraction of sp³-hybridized carbons (Fsp3) is 0.0833. The molecule has 1 aromatic carbocycles. The van der Waals surface area contributed by atoms with Gasteiger partial charge in [-0.25, -0.2) is 13.4 Å². The summed E-state index contributed by atoms with van der Waals surface area (Å²) in [5.41, 5.74) is 6.78. The maximum Gasteiger partial charge on any atom is 0.262 e. The highest BCUT2D eigenvalue weighted by atomic mass is 35.5. The quantitative estimate of drug-likeness (QED) is 0.668. The van der Waals surface area contributed by atoms with Crippen LogP contribution >= 0.6 is 23.2 Å². The van der Waals surface area contributed by atoms with Crippen LogP contribution in [0.1, 0.15) is 5.56 Å². The molecule has 0 aliphatic carbocycles. The summed E-state index contributed by atoms with van der Waals surface area (Å²) >= 11 is 11.7. The number of benzene rings is 1. The van der Waals surface area contributed by atoms with E-state index in [1.165, 1.54) is 30.3 Å². The molecule has 20 heavy (non-hydrogen) atoms. The molecular weight excluding hydrogens is 321 g/mol. The van der Waals surface area contributed by atoms with Gasteiger partial charge in [-0.3, -0.25) is 4.72 Å². The Morgan fingerprint density at radius 2 is 1.80 bits per heavy atom. The van der Waals surface area contributed by atoms with Gasteiger partial charge in [-0.05, 0) is 42.8 Å². The molecule has 0 aliphatic rings. The summed E-state index contributed by atoms with van der Waals surface area (Å²) in [5, 5.41) is 0.192. The third-order valence-electron chi connectivity index (χ3n) is 2.57.